The zero-order valence-electron chi connectivity index (χ0n) is 9.22. The van der Waals surface area contributed by atoms with Gasteiger partial charge in [-0.05, 0) is 0 Å². The number of carbonyl (C=O) groups excluding carboxylic acids is 1. The van der Waals surface area contributed by atoms with Gasteiger partial charge in [0.2, 0.25) is 0 Å². The number of nitrogens with zero attached hydrogens (tertiary/aromatic N) is 3. The van der Waals surface area contributed by atoms with Gasteiger partial charge in [-0.3, -0.25) is 0 Å². The van der Waals surface area contributed by atoms with Gasteiger partial charge in [0.05, 0.1) is 20.5 Å². The topological polar surface area (TPSA) is 66.2 Å². The Balaban J connectivity index is 2.73. The largest absolute Gasteiger partial charge is 0.493 e. The van der Waals surface area contributed by atoms with Crippen LogP contribution in [0.4, 0.5) is 0 Å². The zero-order valence-corrected chi connectivity index (χ0v) is 9.22. The third-order valence-electron chi connectivity index (χ3n) is 2.29. The summed E-state index contributed by atoms with van der Waals surface area (Å²) in [5, 5.41) is 0. The second kappa shape index (κ2) is 3.80. The normalized spacial score (nSPS) is 10.4. The number of imidazole rings is 1. The lowest BCUT2D eigenvalue weighted by atomic mass is 10.2. The third-order valence-corrected chi connectivity index (χ3v) is 2.29. The average molecular weight is 221 g/mol. The molecule has 84 valence electrons. The van der Waals surface area contributed by atoms with Crippen molar-refractivity contribution in [3.8, 4) is 5.75 Å². The van der Waals surface area contributed by atoms with E-state index in [1.54, 1.807) is 10.9 Å². The summed E-state index contributed by atoms with van der Waals surface area (Å²) < 4.78 is 11.6. The van der Waals surface area contributed by atoms with Crippen LogP contribution in [0, 0.1) is 0 Å². The number of fused-ring (bicyclic) bond motifs is 1. The number of pyridine rings is 1. The van der Waals surface area contributed by atoms with Crippen LogP contribution in [0.3, 0.4) is 0 Å². The van der Waals surface area contributed by atoms with Gasteiger partial charge < -0.3 is 14.0 Å². The highest BCUT2D eigenvalue weighted by Crippen LogP contribution is 2.26. The van der Waals surface area contributed by atoms with Gasteiger partial charge in [0, 0.05) is 13.2 Å². The fraction of sp³-hybridized carbons (Fsp3) is 0.300. The van der Waals surface area contributed by atoms with Crippen LogP contribution in [0.2, 0.25) is 0 Å². The van der Waals surface area contributed by atoms with Gasteiger partial charge in [0.15, 0.2) is 16.9 Å². The maximum Gasteiger partial charge on any atom is 0.343 e. The molecule has 0 aliphatic rings. The molecule has 0 atom stereocenters. The van der Waals surface area contributed by atoms with Crippen molar-refractivity contribution in [1.29, 1.82) is 0 Å². The number of esters is 1. The highest BCUT2D eigenvalue weighted by molar-refractivity contribution is 5.97. The SMILES string of the molecule is COC(=O)c1cnc2c(ncn2C)c1OC. The minimum Gasteiger partial charge on any atom is -0.493 e. The van der Waals surface area contributed by atoms with E-state index in [-0.39, 0.29) is 5.56 Å². The lowest BCUT2D eigenvalue weighted by Gasteiger charge is -2.06. The summed E-state index contributed by atoms with van der Waals surface area (Å²) >= 11 is 0. The predicted molar refractivity (Wildman–Crippen MR) is 56.4 cm³/mol. The first-order valence-electron chi connectivity index (χ1n) is 4.61. The van der Waals surface area contributed by atoms with Crippen LogP contribution in [0.5, 0.6) is 5.75 Å². The Morgan fingerprint density at radius 3 is 2.75 bits per heavy atom. The Morgan fingerprint density at radius 1 is 1.38 bits per heavy atom. The Kier molecular flexibility index (Phi) is 2.47. The molecule has 0 saturated heterocycles. The van der Waals surface area contributed by atoms with Crippen LogP contribution < -0.4 is 4.74 Å². The molecule has 0 spiro atoms. The van der Waals surface area contributed by atoms with Crippen LogP contribution in [-0.2, 0) is 11.8 Å². The van der Waals surface area contributed by atoms with Crippen molar-refractivity contribution in [2.75, 3.05) is 14.2 Å². The molecule has 2 aromatic rings. The third kappa shape index (κ3) is 1.39. The molecule has 0 saturated carbocycles. The lowest BCUT2D eigenvalue weighted by Crippen LogP contribution is -2.05. The summed E-state index contributed by atoms with van der Waals surface area (Å²) in [6, 6.07) is 0. The van der Waals surface area contributed by atoms with E-state index in [2.05, 4.69) is 14.7 Å². The fourth-order valence-electron chi connectivity index (χ4n) is 1.51. The maximum atomic E-state index is 11.5. The summed E-state index contributed by atoms with van der Waals surface area (Å²) in [6.07, 6.45) is 3.04. The molecule has 0 aromatic carbocycles. The van der Waals surface area contributed by atoms with Gasteiger partial charge in [0.1, 0.15) is 5.56 Å². The standard InChI is InChI=1S/C10H11N3O3/c1-13-5-12-7-8(15-2)6(10(14)16-3)4-11-9(7)13/h4-5H,1-3H3. The van der Waals surface area contributed by atoms with Crippen molar-refractivity contribution in [2.45, 2.75) is 0 Å². The fourth-order valence-corrected chi connectivity index (χ4v) is 1.51. The van der Waals surface area contributed by atoms with E-state index >= 15 is 0 Å². The van der Waals surface area contributed by atoms with Crippen LogP contribution in [0.1, 0.15) is 10.4 Å². The number of aromatic nitrogens is 3. The minimum absolute atomic E-state index is 0.274. The summed E-state index contributed by atoms with van der Waals surface area (Å²) in [4.78, 5) is 19.7. The van der Waals surface area contributed by atoms with Crippen LogP contribution in [0.15, 0.2) is 12.5 Å². The first kappa shape index (κ1) is 10.4. The zero-order chi connectivity index (χ0) is 11.7. The number of carbonyl (C=O) groups is 1. The van der Waals surface area contributed by atoms with Gasteiger partial charge >= 0.3 is 5.97 Å². The quantitative estimate of drug-likeness (QED) is 0.700. The molecule has 0 bridgehead atoms. The highest BCUT2D eigenvalue weighted by atomic mass is 16.5. The molecule has 0 aliphatic heterocycles. The minimum atomic E-state index is -0.489. The average Bonchev–Trinajstić information content (AvgIpc) is 2.69. The smallest absolute Gasteiger partial charge is 0.343 e. The van der Waals surface area contributed by atoms with Gasteiger partial charge in [-0.2, -0.15) is 0 Å². The molecule has 2 rings (SSSR count). The van der Waals surface area contributed by atoms with Crippen LogP contribution in [-0.4, -0.2) is 34.7 Å². The number of ether oxygens (including phenoxy) is 2. The first-order chi connectivity index (χ1) is 7.69. The first-order valence-corrected chi connectivity index (χ1v) is 4.61. The van der Waals surface area contributed by atoms with Crippen molar-refractivity contribution in [3.05, 3.63) is 18.1 Å². The van der Waals surface area contributed by atoms with Gasteiger partial charge in [0.25, 0.3) is 0 Å². The molecule has 0 aliphatic carbocycles. The second-order valence-electron chi connectivity index (χ2n) is 3.22. The summed E-state index contributed by atoms with van der Waals surface area (Å²) in [7, 11) is 4.61. The number of rotatable bonds is 2. The van der Waals surface area contributed by atoms with Gasteiger partial charge in [-0.1, -0.05) is 0 Å². The Bertz CT molecular complexity index is 547. The number of hydrogen-bond donors (Lipinski definition) is 0. The van der Waals surface area contributed by atoms with Crippen molar-refractivity contribution >= 4 is 17.1 Å². The van der Waals surface area contributed by atoms with E-state index in [9.17, 15) is 4.79 Å². The second-order valence-corrected chi connectivity index (χ2v) is 3.22. The molecule has 0 amide bonds. The molecule has 16 heavy (non-hydrogen) atoms. The molecule has 2 aromatic heterocycles. The van der Waals surface area contributed by atoms with Gasteiger partial charge in [-0.25, -0.2) is 14.8 Å². The monoisotopic (exact) mass is 221 g/mol. The maximum absolute atomic E-state index is 11.5. The lowest BCUT2D eigenvalue weighted by molar-refractivity contribution is 0.0597. The molecule has 0 N–H and O–H groups in total. The van der Waals surface area contributed by atoms with E-state index in [1.165, 1.54) is 20.4 Å². The highest BCUT2D eigenvalue weighted by Gasteiger charge is 2.18. The Hall–Kier alpha value is -2.11. The van der Waals surface area contributed by atoms with Crippen LogP contribution >= 0.6 is 0 Å². The molecule has 0 fully saturated rings. The van der Waals surface area contributed by atoms with E-state index in [1.807, 2.05) is 7.05 Å². The summed E-state index contributed by atoms with van der Waals surface area (Å²) in [5.74, 6) is -0.102. The van der Waals surface area contributed by atoms with Crippen molar-refractivity contribution in [2.24, 2.45) is 7.05 Å². The van der Waals surface area contributed by atoms with E-state index in [0.29, 0.717) is 16.9 Å². The molecular formula is C10H11N3O3. The van der Waals surface area contributed by atoms with E-state index < -0.39 is 5.97 Å². The van der Waals surface area contributed by atoms with Crippen LogP contribution in [0.25, 0.3) is 11.2 Å². The van der Waals surface area contributed by atoms with E-state index in [4.69, 9.17) is 4.74 Å². The molecule has 6 heteroatoms. The molecule has 0 radical (unpaired) electrons. The number of aryl methyl sites for hydroxylation is 1. The summed E-state index contributed by atoms with van der Waals surface area (Å²) in [6.45, 7) is 0. The molecule has 2 heterocycles. The van der Waals surface area contributed by atoms with Crippen molar-refractivity contribution in [3.63, 3.8) is 0 Å². The van der Waals surface area contributed by atoms with Crippen molar-refractivity contribution < 1.29 is 14.3 Å². The van der Waals surface area contributed by atoms with Gasteiger partial charge in [-0.15, -0.1) is 0 Å². The predicted octanol–water partition coefficient (Wildman–Crippen LogP) is 0.763. The van der Waals surface area contributed by atoms with Crippen molar-refractivity contribution in [1.82, 2.24) is 14.5 Å². The molecule has 0 unspecified atom stereocenters. The molecule has 6 nitrogen and oxygen atoms in total. The number of hydrogen-bond acceptors (Lipinski definition) is 5. The summed E-state index contributed by atoms with van der Waals surface area (Å²) in [5.41, 5.74) is 1.48. The molecular weight excluding hydrogens is 210 g/mol. The Morgan fingerprint density at radius 2 is 2.12 bits per heavy atom. The number of methoxy groups -OCH3 is 2. The Labute approximate surface area is 91.8 Å². The van der Waals surface area contributed by atoms with E-state index in [0.717, 1.165) is 0 Å².